The van der Waals surface area contributed by atoms with E-state index in [-0.39, 0.29) is 74.6 Å². The summed E-state index contributed by atoms with van der Waals surface area (Å²) in [5, 5.41) is 3.28. The van der Waals surface area contributed by atoms with Crippen LogP contribution in [-0.2, 0) is 45.2 Å². The molecule has 2 aromatic heterocycles. The van der Waals surface area contributed by atoms with E-state index < -0.39 is 24.2 Å². The molecule has 0 saturated heterocycles. The molecule has 1 N–H and O–H groups in total. The van der Waals surface area contributed by atoms with Gasteiger partial charge in [-0.05, 0) is 178 Å². The number of carbonyl (C=O) groups excluding carboxylic acids is 4. The van der Waals surface area contributed by atoms with Gasteiger partial charge in [-0.2, -0.15) is 50.5 Å². The van der Waals surface area contributed by atoms with E-state index in [9.17, 15) is 9.59 Å². The number of likely N-dealkylation sites (N-methyl/N-ethyl adjacent to an activating group) is 4. The summed E-state index contributed by atoms with van der Waals surface area (Å²) in [6.07, 6.45) is 11.4. The lowest BCUT2D eigenvalue weighted by molar-refractivity contribution is -0.153. The van der Waals surface area contributed by atoms with Crippen LogP contribution in [0.1, 0.15) is 142 Å². The zero-order valence-corrected chi connectivity index (χ0v) is 52.1. The van der Waals surface area contributed by atoms with E-state index in [0.29, 0.717) is 51.1 Å². The SMILES string of the molecule is CN[C@@H](CC(C)C)C(=O)N(C)[C@@H](CC(C)CCC(C)S)C(=O)N(C)[C@@H](CC(C)CCC(S)Cc1ccc(OCc2ccco2)cc1)C(=O)N(C)C(CC(C)CCC(C)S)C(=O)CC(S)Cc1ccc(OCc2ccco2)cc1. The molecule has 16 heteroatoms. The Morgan fingerprint density at radius 1 is 0.513 bits per heavy atom. The molecule has 11 atom stereocenters. The molecular weight excluding hydrogens is 1060 g/mol. The number of hydrogen-bond acceptors (Lipinski definition) is 13. The van der Waals surface area contributed by atoms with Gasteiger partial charge in [-0.25, -0.2) is 0 Å². The highest BCUT2D eigenvalue weighted by Gasteiger charge is 2.41. The van der Waals surface area contributed by atoms with E-state index in [1.54, 1.807) is 55.4 Å². The Kier molecular flexibility index (Phi) is 29.3. The Bertz CT molecular complexity index is 2330. The van der Waals surface area contributed by atoms with Crippen molar-refractivity contribution in [2.24, 2.45) is 23.7 Å². The first-order valence-corrected chi connectivity index (χ1v) is 30.3. The standard InChI is InChI=1S/C62H94N4O8S4/c1-41(2)32-55(63-8)60(68)65(10)57(34-43(4)17-20-46(7)76)62(70)66(11)58(35-44(5)18-29-53(77)36-47-21-25-49(26-22-47)73-39-51-14-12-30-71-51)61(69)64(9)56(33-42(3)16-19-45(6)75)59(67)38-54(78)37-48-23-27-50(28-24-48)74-40-52-15-13-31-72-52/h12-15,21-28,30-31,41-46,53-58,63,75-78H,16-20,29,32-40H2,1-11H3/t42?,43?,44?,45?,46?,53?,54?,55-,56?,57-,58-/m0/s1. The molecule has 8 unspecified atom stereocenters. The number of carbonyl (C=O) groups is 4. The first-order chi connectivity index (χ1) is 37.0. The van der Waals surface area contributed by atoms with Crippen molar-refractivity contribution in [3.05, 3.63) is 108 Å². The molecule has 2 aromatic carbocycles. The highest BCUT2D eigenvalue weighted by molar-refractivity contribution is 7.81. The molecule has 4 aromatic rings. The Labute approximate surface area is 490 Å². The summed E-state index contributed by atoms with van der Waals surface area (Å²) in [6.45, 7) is 15.3. The molecule has 0 aliphatic heterocycles. The molecule has 0 radical (unpaired) electrons. The van der Waals surface area contributed by atoms with Crippen LogP contribution in [0.2, 0.25) is 0 Å². The van der Waals surface area contributed by atoms with Crippen LogP contribution in [0.15, 0.2) is 94.2 Å². The van der Waals surface area contributed by atoms with Gasteiger partial charge < -0.3 is 38.3 Å². The zero-order chi connectivity index (χ0) is 57.5. The lowest BCUT2D eigenvalue weighted by Gasteiger charge is -2.40. The molecule has 0 fully saturated rings. The number of amides is 3. The summed E-state index contributed by atoms with van der Waals surface area (Å²) >= 11 is 19.3. The molecule has 0 bridgehead atoms. The fraction of sp³-hybridized carbons (Fsp3) is 0.613. The highest BCUT2D eigenvalue weighted by Crippen LogP contribution is 2.29. The van der Waals surface area contributed by atoms with Crippen LogP contribution in [0.5, 0.6) is 11.5 Å². The molecule has 0 saturated carbocycles. The first kappa shape index (κ1) is 66.6. The van der Waals surface area contributed by atoms with Crippen molar-refractivity contribution in [3.63, 3.8) is 0 Å². The zero-order valence-electron chi connectivity index (χ0n) is 48.5. The van der Waals surface area contributed by atoms with E-state index in [1.807, 2.05) is 60.7 Å². The van der Waals surface area contributed by atoms with Gasteiger partial charge in [0.25, 0.3) is 0 Å². The monoisotopic (exact) mass is 1150 g/mol. The van der Waals surface area contributed by atoms with Crippen LogP contribution in [0.3, 0.4) is 0 Å². The lowest BCUT2D eigenvalue weighted by Crippen LogP contribution is -2.58. The number of nitrogens with zero attached hydrogens (tertiary/aromatic N) is 3. The summed E-state index contributed by atoms with van der Waals surface area (Å²) < 4.78 is 22.6. The normalized spacial score (nSPS) is 15.9. The number of thiol groups is 4. The molecule has 434 valence electrons. The first-order valence-electron chi connectivity index (χ1n) is 28.2. The van der Waals surface area contributed by atoms with Crippen molar-refractivity contribution in [2.75, 3.05) is 28.2 Å². The second kappa shape index (κ2) is 34.4. The van der Waals surface area contributed by atoms with Crippen molar-refractivity contribution >= 4 is 74.0 Å². The van der Waals surface area contributed by atoms with Gasteiger partial charge in [0.05, 0.1) is 24.6 Å². The third-order valence-corrected chi connectivity index (χ3v) is 16.2. The van der Waals surface area contributed by atoms with Crippen LogP contribution in [0, 0.1) is 23.7 Å². The minimum atomic E-state index is -0.928. The molecule has 12 nitrogen and oxygen atoms in total. The van der Waals surface area contributed by atoms with E-state index in [4.69, 9.17) is 43.6 Å². The Morgan fingerprint density at radius 2 is 0.910 bits per heavy atom. The lowest BCUT2D eigenvalue weighted by atomic mass is 9.89. The third-order valence-electron chi connectivity index (χ3n) is 14.9. The number of furan rings is 2. The van der Waals surface area contributed by atoms with E-state index in [1.165, 1.54) is 0 Å². The van der Waals surface area contributed by atoms with E-state index >= 15 is 9.59 Å². The quantitative estimate of drug-likeness (QED) is 0.0280. The predicted molar refractivity (Wildman–Crippen MR) is 329 cm³/mol. The second-order valence-corrected chi connectivity index (χ2v) is 26.0. The minimum absolute atomic E-state index is 0.0170. The summed E-state index contributed by atoms with van der Waals surface area (Å²) in [5.41, 5.74) is 2.14. The third kappa shape index (κ3) is 23.3. The van der Waals surface area contributed by atoms with Crippen molar-refractivity contribution in [3.8, 4) is 11.5 Å². The number of ether oxygens (including phenoxy) is 2. The average Bonchev–Trinajstić information content (AvgIpc) is 4.16. The fourth-order valence-corrected chi connectivity index (χ4v) is 11.0. The van der Waals surface area contributed by atoms with Gasteiger partial charge in [0.2, 0.25) is 17.7 Å². The molecule has 0 spiro atoms. The Morgan fingerprint density at radius 3 is 1.31 bits per heavy atom. The number of Topliss-reactive ketones (excluding diaryl/α,β-unsaturated/α-hetero) is 1. The van der Waals surface area contributed by atoms with Crippen LogP contribution in [0.4, 0.5) is 0 Å². The predicted octanol–water partition coefficient (Wildman–Crippen LogP) is 12.5. The molecular formula is C62H94N4O8S4. The Hall–Kier alpha value is -3.96. The van der Waals surface area contributed by atoms with Crippen LogP contribution < -0.4 is 14.8 Å². The topological polar surface area (TPSA) is 135 Å². The van der Waals surface area contributed by atoms with Gasteiger partial charge in [-0.15, -0.1) is 0 Å². The van der Waals surface area contributed by atoms with Crippen molar-refractivity contribution in [1.29, 1.82) is 0 Å². The number of rotatable bonds is 37. The second-order valence-electron chi connectivity index (χ2n) is 22.7. The minimum Gasteiger partial charge on any atom is -0.486 e. The Balaban J connectivity index is 1.62. The van der Waals surface area contributed by atoms with Crippen molar-refractivity contribution in [1.82, 2.24) is 20.0 Å². The van der Waals surface area contributed by atoms with Gasteiger partial charge in [-0.1, -0.05) is 72.7 Å². The number of nitrogens with one attached hydrogen (secondary N) is 1. The summed E-state index contributed by atoms with van der Waals surface area (Å²) in [7, 11) is 6.92. The van der Waals surface area contributed by atoms with Gasteiger partial charge in [-0.3, -0.25) is 19.2 Å². The van der Waals surface area contributed by atoms with Crippen molar-refractivity contribution < 1.29 is 37.5 Å². The number of benzene rings is 2. The average molecular weight is 1150 g/mol. The fourth-order valence-electron chi connectivity index (χ4n) is 10.00. The highest BCUT2D eigenvalue weighted by atomic mass is 32.1. The molecule has 78 heavy (non-hydrogen) atoms. The maximum Gasteiger partial charge on any atom is 0.245 e. The maximum atomic E-state index is 15.6. The van der Waals surface area contributed by atoms with Gasteiger partial charge in [0, 0.05) is 38.1 Å². The van der Waals surface area contributed by atoms with Crippen molar-refractivity contribution in [2.45, 2.75) is 190 Å². The number of ketones is 1. The summed E-state index contributed by atoms with van der Waals surface area (Å²) in [4.78, 5) is 65.0. The molecule has 3 amide bonds. The summed E-state index contributed by atoms with van der Waals surface area (Å²) in [6, 6.07) is 20.2. The molecule has 0 aliphatic rings. The molecule has 0 aliphatic carbocycles. The molecule has 4 rings (SSSR count). The largest absolute Gasteiger partial charge is 0.486 e. The van der Waals surface area contributed by atoms with Crippen LogP contribution in [0.25, 0.3) is 0 Å². The van der Waals surface area contributed by atoms with Gasteiger partial charge in [0.1, 0.15) is 48.3 Å². The smallest absolute Gasteiger partial charge is 0.245 e. The number of hydrogen-bond donors (Lipinski definition) is 5. The van der Waals surface area contributed by atoms with Gasteiger partial charge in [0.15, 0.2) is 5.78 Å². The van der Waals surface area contributed by atoms with Gasteiger partial charge >= 0.3 is 0 Å². The molecule has 2 heterocycles. The maximum absolute atomic E-state index is 15.6. The van der Waals surface area contributed by atoms with Crippen LogP contribution in [-0.4, -0.2) is 112 Å². The van der Waals surface area contributed by atoms with E-state index in [2.05, 4.69) is 91.2 Å². The van der Waals surface area contributed by atoms with Crippen LogP contribution >= 0.6 is 50.5 Å². The van der Waals surface area contributed by atoms with E-state index in [0.717, 1.165) is 73.3 Å². The summed E-state index contributed by atoms with van der Waals surface area (Å²) in [5.74, 6) is 2.50.